The second-order valence-electron chi connectivity index (χ2n) is 5.43. The fourth-order valence-electron chi connectivity index (χ4n) is 2.38. The predicted octanol–water partition coefficient (Wildman–Crippen LogP) is 4.14. The first kappa shape index (κ1) is 19.3. The Labute approximate surface area is 165 Å². The summed E-state index contributed by atoms with van der Waals surface area (Å²) in [6.45, 7) is 4.86. The number of anilines is 1. The lowest BCUT2D eigenvalue weighted by Gasteiger charge is -2.12. The van der Waals surface area contributed by atoms with E-state index in [2.05, 4.69) is 20.3 Å². The zero-order valence-corrected chi connectivity index (χ0v) is 16.5. The number of halogens is 1. The van der Waals surface area contributed by atoms with Gasteiger partial charge in [-0.15, -0.1) is 0 Å². The van der Waals surface area contributed by atoms with Crippen molar-refractivity contribution >= 4 is 46.1 Å². The van der Waals surface area contributed by atoms with Crippen molar-refractivity contribution in [2.75, 3.05) is 24.3 Å². The number of hydrogen-bond acceptors (Lipinski definition) is 6. The first-order chi connectivity index (χ1) is 13.1. The van der Waals surface area contributed by atoms with E-state index >= 15 is 0 Å². The van der Waals surface area contributed by atoms with Crippen LogP contribution in [0, 0.1) is 0 Å². The summed E-state index contributed by atoms with van der Waals surface area (Å²) in [5, 5.41) is 3.99. The maximum Gasteiger partial charge on any atom is 0.234 e. The molecule has 1 amide bonds. The molecule has 3 aromatic rings. The van der Waals surface area contributed by atoms with E-state index in [1.54, 1.807) is 24.3 Å². The van der Waals surface area contributed by atoms with Gasteiger partial charge in [0.1, 0.15) is 0 Å². The van der Waals surface area contributed by atoms with Gasteiger partial charge < -0.3 is 19.8 Å². The van der Waals surface area contributed by atoms with Gasteiger partial charge in [0.25, 0.3) is 0 Å². The fraction of sp³-hybridized carbons (Fsp3) is 0.278. The minimum atomic E-state index is -0.155. The van der Waals surface area contributed by atoms with Gasteiger partial charge in [0.2, 0.25) is 5.91 Å². The number of thioether (sulfide) groups is 1. The highest BCUT2D eigenvalue weighted by Gasteiger charge is 2.11. The Bertz CT molecular complexity index is 948. The number of H-pyrrole nitrogens is 1. The summed E-state index contributed by atoms with van der Waals surface area (Å²) in [4.78, 5) is 23.8. The molecular weight excluding hydrogens is 388 g/mol. The first-order valence-electron chi connectivity index (χ1n) is 8.42. The van der Waals surface area contributed by atoms with Crippen molar-refractivity contribution in [1.82, 2.24) is 15.0 Å². The highest BCUT2D eigenvalue weighted by atomic mass is 35.5. The highest BCUT2D eigenvalue weighted by molar-refractivity contribution is 7.99. The predicted molar refractivity (Wildman–Crippen MR) is 107 cm³/mol. The Balaban J connectivity index is 1.61. The molecule has 0 saturated carbocycles. The van der Waals surface area contributed by atoms with Crippen LogP contribution in [-0.2, 0) is 4.79 Å². The number of pyridine rings is 1. The molecule has 0 atom stereocenters. The zero-order chi connectivity index (χ0) is 19.2. The average Bonchev–Trinajstić information content (AvgIpc) is 3.04. The number of hydrogen-bond donors (Lipinski definition) is 2. The zero-order valence-electron chi connectivity index (χ0n) is 14.9. The van der Waals surface area contributed by atoms with Crippen LogP contribution in [0.2, 0.25) is 5.02 Å². The maximum absolute atomic E-state index is 12.3. The lowest BCUT2D eigenvalue weighted by Crippen LogP contribution is -2.14. The Morgan fingerprint density at radius 2 is 2.00 bits per heavy atom. The first-order valence-corrected chi connectivity index (χ1v) is 9.79. The van der Waals surface area contributed by atoms with Crippen LogP contribution in [0.4, 0.5) is 5.69 Å². The van der Waals surface area contributed by atoms with E-state index in [9.17, 15) is 4.79 Å². The molecular formula is C18H19ClN4O3S. The molecule has 2 N–H and O–H groups in total. The Hall–Kier alpha value is -2.45. The van der Waals surface area contributed by atoms with Crippen molar-refractivity contribution in [3.63, 3.8) is 0 Å². The molecule has 142 valence electrons. The number of ether oxygens (including phenoxy) is 2. The van der Waals surface area contributed by atoms with Crippen LogP contribution in [-0.4, -0.2) is 39.8 Å². The van der Waals surface area contributed by atoms with Crippen molar-refractivity contribution in [3.8, 4) is 11.5 Å². The summed E-state index contributed by atoms with van der Waals surface area (Å²) in [7, 11) is 0. The normalized spacial score (nSPS) is 10.8. The molecule has 2 heterocycles. The number of benzene rings is 1. The van der Waals surface area contributed by atoms with Crippen LogP contribution in [0.1, 0.15) is 13.8 Å². The van der Waals surface area contributed by atoms with Gasteiger partial charge in [0, 0.05) is 18.0 Å². The molecule has 0 saturated heterocycles. The standard InChI is InChI=1S/C18H19ClN4O3S/c1-3-25-14-6-5-12(8-15(14)26-4-2)21-16(24)10-27-18-22-13-7-11(19)9-20-17(13)23-18/h5-9H,3-4,10H2,1-2H3,(H,21,24)(H,20,22,23). The van der Waals surface area contributed by atoms with Crippen molar-refractivity contribution < 1.29 is 14.3 Å². The van der Waals surface area contributed by atoms with Gasteiger partial charge in [-0.3, -0.25) is 4.79 Å². The largest absolute Gasteiger partial charge is 0.490 e. The van der Waals surface area contributed by atoms with Crippen molar-refractivity contribution in [1.29, 1.82) is 0 Å². The summed E-state index contributed by atoms with van der Waals surface area (Å²) in [6, 6.07) is 7.06. The number of aromatic amines is 1. The Morgan fingerprint density at radius 3 is 2.78 bits per heavy atom. The van der Waals surface area contributed by atoms with Crippen molar-refractivity contribution in [2.45, 2.75) is 19.0 Å². The van der Waals surface area contributed by atoms with E-state index in [0.717, 1.165) is 5.52 Å². The van der Waals surface area contributed by atoms with Crippen molar-refractivity contribution in [2.24, 2.45) is 0 Å². The topological polar surface area (TPSA) is 89.1 Å². The lowest BCUT2D eigenvalue weighted by atomic mass is 10.2. The van der Waals surface area contributed by atoms with Crippen LogP contribution in [0.3, 0.4) is 0 Å². The number of nitrogens with zero attached hydrogens (tertiary/aromatic N) is 2. The summed E-state index contributed by atoms with van der Waals surface area (Å²) >= 11 is 7.20. The minimum absolute atomic E-state index is 0.155. The third-order valence-corrected chi connectivity index (χ3v) is 4.53. The van der Waals surface area contributed by atoms with Gasteiger partial charge in [0.15, 0.2) is 22.3 Å². The molecule has 0 aliphatic carbocycles. The SMILES string of the molecule is CCOc1ccc(NC(=O)CSc2nc3ncc(Cl)cc3[nH]2)cc1OCC. The van der Waals surface area contributed by atoms with E-state index in [4.69, 9.17) is 21.1 Å². The second kappa shape index (κ2) is 8.96. The summed E-state index contributed by atoms with van der Waals surface area (Å²) in [5.74, 6) is 1.30. The van der Waals surface area contributed by atoms with Crippen molar-refractivity contribution in [3.05, 3.63) is 35.5 Å². The Kier molecular flexibility index (Phi) is 6.41. The number of imidazole rings is 1. The van der Waals surface area contributed by atoms with E-state index in [0.29, 0.717) is 46.2 Å². The van der Waals surface area contributed by atoms with E-state index in [-0.39, 0.29) is 11.7 Å². The number of carbonyl (C=O) groups is 1. The molecule has 27 heavy (non-hydrogen) atoms. The molecule has 0 unspecified atom stereocenters. The Morgan fingerprint density at radius 1 is 1.22 bits per heavy atom. The van der Waals surface area contributed by atoms with E-state index in [1.807, 2.05) is 13.8 Å². The van der Waals surface area contributed by atoms with E-state index in [1.165, 1.54) is 18.0 Å². The quantitative estimate of drug-likeness (QED) is 0.546. The van der Waals surface area contributed by atoms with Crippen LogP contribution in [0.5, 0.6) is 11.5 Å². The molecule has 0 aliphatic heterocycles. The molecule has 0 bridgehead atoms. The minimum Gasteiger partial charge on any atom is -0.490 e. The second-order valence-corrected chi connectivity index (χ2v) is 6.83. The lowest BCUT2D eigenvalue weighted by molar-refractivity contribution is -0.113. The van der Waals surface area contributed by atoms with Gasteiger partial charge in [0.05, 0.1) is 29.5 Å². The number of aromatic nitrogens is 3. The third-order valence-electron chi connectivity index (χ3n) is 3.45. The number of amides is 1. The fourth-order valence-corrected chi connectivity index (χ4v) is 3.21. The molecule has 3 rings (SSSR count). The number of carbonyl (C=O) groups excluding carboxylic acids is 1. The van der Waals surface area contributed by atoms with Gasteiger partial charge >= 0.3 is 0 Å². The molecule has 0 fully saturated rings. The van der Waals surface area contributed by atoms with Crippen LogP contribution in [0.25, 0.3) is 11.2 Å². The summed E-state index contributed by atoms with van der Waals surface area (Å²) in [5.41, 5.74) is 1.94. The number of rotatable bonds is 8. The van der Waals surface area contributed by atoms with Gasteiger partial charge in [-0.25, -0.2) is 9.97 Å². The number of nitrogens with one attached hydrogen (secondary N) is 2. The summed E-state index contributed by atoms with van der Waals surface area (Å²) < 4.78 is 11.1. The van der Waals surface area contributed by atoms with Gasteiger partial charge in [-0.2, -0.15) is 0 Å². The van der Waals surface area contributed by atoms with Gasteiger partial charge in [-0.05, 0) is 32.0 Å². The molecule has 0 aliphatic rings. The highest BCUT2D eigenvalue weighted by Crippen LogP contribution is 2.30. The maximum atomic E-state index is 12.3. The van der Waals surface area contributed by atoms with Gasteiger partial charge in [-0.1, -0.05) is 23.4 Å². The molecule has 0 radical (unpaired) electrons. The molecule has 1 aromatic carbocycles. The molecule has 0 spiro atoms. The third kappa shape index (κ3) is 5.05. The molecule has 2 aromatic heterocycles. The van der Waals surface area contributed by atoms with Crippen LogP contribution >= 0.6 is 23.4 Å². The average molecular weight is 407 g/mol. The van der Waals surface area contributed by atoms with Crippen LogP contribution < -0.4 is 14.8 Å². The van der Waals surface area contributed by atoms with E-state index < -0.39 is 0 Å². The molecule has 7 nitrogen and oxygen atoms in total. The van der Waals surface area contributed by atoms with Crippen LogP contribution in [0.15, 0.2) is 35.6 Å². The molecule has 9 heteroatoms. The summed E-state index contributed by atoms with van der Waals surface area (Å²) in [6.07, 6.45) is 1.54. The number of fused-ring (bicyclic) bond motifs is 1. The monoisotopic (exact) mass is 406 g/mol. The smallest absolute Gasteiger partial charge is 0.234 e.